The first kappa shape index (κ1) is 27.1. The van der Waals surface area contributed by atoms with E-state index in [0.29, 0.717) is 43.4 Å². The highest BCUT2D eigenvalue weighted by Crippen LogP contribution is 2.33. The van der Waals surface area contributed by atoms with Crippen molar-refractivity contribution in [2.24, 2.45) is 5.92 Å². The maximum Gasteiger partial charge on any atom is 0.339 e. The number of halogens is 1. The molecular weight excluding hydrogens is 560 g/mol. The summed E-state index contributed by atoms with van der Waals surface area (Å²) in [6.07, 6.45) is 6.02. The van der Waals surface area contributed by atoms with E-state index >= 15 is 0 Å². The molecule has 9 heteroatoms. The topological polar surface area (TPSA) is 95.9 Å². The van der Waals surface area contributed by atoms with Crippen LogP contribution in [0.1, 0.15) is 46.4 Å². The second-order valence-corrected chi connectivity index (χ2v) is 11.2. The fraction of sp³-hybridized carbons (Fsp3) is 0.400. The van der Waals surface area contributed by atoms with Crippen molar-refractivity contribution in [3.63, 3.8) is 0 Å². The van der Waals surface area contributed by atoms with E-state index < -0.39 is 5.97 Å². The van der Waals surface area contributed by atoms with E-state index in [1.807, 2.05) is 53.4 Å². The SMILES string of the molecule is COc1ccccc1CC(=O)N1CCCC[C@H]2CN(c3ncc(C(=O)O)c(CCc4cccc(Br)c4)n3)C[C@H]21. The molecule has 0 bridgehead atoms. The summed E-state index contributed by atoms with van der Waals surface area (Å²) in [6, 6.07) is 15.7. The Kier molecular flexibility index (Phi) is 8.45. The Morgan fingerprint density at radius 1 is 1.10 bits per heavy atom. The molecule has 2 aliphatic rings. The van der Waals surface area contributed by atoms with Gasteiger partial charge in [-0.05, 0) is 55.4 Å². The predicted octanol–water partition coefficient (Wildman–Crippen LogP) is 4.79. The number of nitrogens with zero attached hydrogens (tertiary/aromatic N) is 4. The van der Waals surface area contributed by atoms with E-state index in [1.54, 1.807) is 7.11 Å². The number of anilines is 1. The summed E-state index contributed by atoms with van der Waals surface area (Å²) in [4.78, 5) is 38.9. The van der Waals surface area contributed by atoms with E-state index in [1.165, 1.54) is 6.20 Å². The molecule has 2 atom stereocenters. The second kappa shape index (κ2) is 12.2. The molecule has 1 amide bonds. The fourth-order valence-electron chi connectivity index (χ4n) is 5.82. The van der Waals surface area contributed by atoms with Crippen molar-refractivity contribution in [1.29, 1.82) is 0 Å². The minimum absolute atomic E-state index is 0.0718. The average Bonchev–Trinajstić information content (AvgIpc) is 3.25. The summed E-state index contributed by atoms with van der Waals surface area (Å²) in [5.41, 5.74) is 2.66. The number of aromatic nitrogens is 2. The van der Waals surface area contributed by atoms with Gasteiger partial charge in [0.1, 0.15) is 5.75 Å². The highest BCUT2D eigenvalue weighted by molar-refractivity contribution is 9.10. The first-order chi connectivity index (χ1) is 18.9. The average molecular weight is 594 g/mol. The van der Waals surface area contributed by atoms with Gasteiger partial charge in [-0.3, -0.25) is 4.79 Å². The number of rotatable bonds is 8. The number of fused-ring (bicyclic) bond motifs is 1. The molecular formula is C30H33BrN4O4. The zero-order valence-electron chi connectivity index (χ0n) is 22.1. The van der Waals surface area contributed by atoms with Crippen molar-refractivity contribution in [2.45, 2.75) is 44.6 Å². The molecule has 39 heavy (non-hydrogen) atoms. The number of likely N-dealkylation sites (tertiary alicyclic amines) is 1. The van der Waals surface area contributed by atoms with Crippen LogP contribution >= 0.6 is 15.9 Å². The number of ether oxygens (including phenoxy) is 1. The number of carboxylic acid groups (broad SMARTS) is 1. The summed E-state index contributed by atoms with van der Waals surface area (Å²) in [6.45, 7) is 2.13. The van der Waals surface area contributed by atoms with E-state index in [4.69, 9.17) is 9.72 Å². The van der Waals surface area contributed by atoms with Crippen molar-refractivity contribution in [3.05, 3.63) is 81.6 Å². The smallest absolute Gasteiger partial charge is 0.339 e. The number of carboxylic acids is 1. The van der Waals surface area contributed by atoms with Crippen LogP contribution in [0.4, 0.5) is 5.95 Å². The lowest BCUT2D eigenvalue weighted by Gasteiger charge is -2.30. The van der Waals surface area contributed by atoms with Crippen LogP contribution in [0.15, 0.2) is 59.2 Å². The summed E-state index contributed by atoms with van der Waals surface area (Å²) >= 11 is 3.50. The number of aryl methyl sites for hydroxylation is 2. The summed E-state index contributed by atoms with van der Waals surface area (Å²) in [5.74, 6) is 0.671. The van der Waals surface area contributed by atoms with Gasteiger partial charge in [-0.2, -0.15) is 0 Å². The van der Waals surface area contributed by atoms with Crippen molar-refractivity contribution >= 4 is 33.8 Å². The standard InChI is InChI=1S/C30H33BrN4O4/c1-39-27-11-3-2-8-21(27)16-28(36)35-14-5-4-9-22-18-34(19-26(22)35)30-32-17-24(29(37)38)25(33-30)13-12-20-7-6-10-23(31)15-20/h2-3,6-8,10-11,15,17,22,26H,4-5,9,12-14,16,18-19H2,1H3,(H,37,38)/t22-,26+/m0/s1. The minimum Gasteiger partial charge on any atom is -0.496 e. The van der Waals surface area contributed by atoms with Gasteiger partial charge in [-0.1, -0.05) is 52.7 Å². The number of benzene rings is 2. The Hall–Kier alpha value is -3.46. The molecule has 2 saturated heterocycles. The molecule has 3 heterocycles. The molecule has 0 spiro atoms. The van der Waals surface area contributed by atoms with Crippen LogP contribution in [-0.4, -0.2) is 64.6 Å². The quantitative estimate of drug-likeness (QED) is 0.401. The molecule has 0 saturated carbocycles. The Labute approximate surface area is 237 Å². The van der Waals surface area contributed by atoms with Crippen molar-refractivity contribution in [3.8, 4) is 5.75 Å². The lowest BCUT2D eigenvalue weighted by Crippen LogP contribution is -2.45. The Bertz CT molecular complexity index is 1350. The van der Waals surface area contributed by atoms with Crippen LogP contribution in [0.2, 0.25) is 0 Å². The van der Waals surface area contributed by atoms with Gasteiger partial charge in [0.2, 0.25) is 11.9 Å². The summed E-state index contributed by atoms with van der Waals surface area (Å²) in [7, 11) is 1.63. The number of carbonyl (C=O) groups is 2. The first-order valence-corrected chi connectivity index (χ1v) is 14.2. The van der Waals surface area contributed by atoms with E-state index in [2.05, 4.69) is 25.8 Å². The lowest BCUT2D eigenvalue weighted by molar-refractivity contribution is -0.132. The van der Waals surface area contributed by atoms with Crippen LogP contribution in [-0.2, 0) is 24.1 Å². The van der Waals surface area contributed by atoms with Gasteiger partial charge in [-0.15, -0.1) is 0 Å². The molecule has 2 aromatic carbocycles. The van der Waals surface area contributed by atoms with Gasteiger partial charge in [0.25, 0.3) is 0 Å². The number of methoxy groups -OCH3 is 1. The van der Waals surface area contributed by atoms with E-state index in [-0.39, 0.29) is 17.5 Å². The van der Waals surface area contributed by atoms with Crippen LogP contribution in [0.25, 0.3) is 0 Å². The monoisotopic (exact) mass is 592 g/mol. The van der Waals surface area contributed by atoms with Gasteiger partial charge in [0.05, 0.1) is 30.8 Å². The largest absolute Gasteiger partial charge is 0.496 e. The van der Waals surface area contributed by atoms with Crippen LogP contribution in [0.5, 0.6) is 5.75 Å². The lowest BCUT2D eigenvalue weighted by atomic mass is 9.98. The number of hydrogen-bond acceptors (Lipinski definition) is 6. The molecule has 0 aliphatic carbocycles. The molecule has 0 radical (unpaired) electrons. The normalized spacial score (nSPS) is 18.9. The van der Waals surface area contributed by atoms with E-state index in [0.717, 1.165) is 53.7 Å². The van der Waals surface area contributed by atoms with Gasteiger partial charge in [-0.25, -0.2) is 14.8 Å². The van der Waals surface area contributed by atoms with E-state index in [9.17, 15) is 14.7 Å². The first-order valence-electron chi connectivity index (χ1n) is 13.4. The third-order valence-corrected chi connectivity index (χ3v) is 8.29. The van der Waals surface area contributed by atoms with Crippen LogP contribution in [0, 0.1) is 5.92 Å². The molecule has 0 unspecified atom stereocenters. The maximum atomic E-state index is 13.5. The molecule has 8 nitrogen and oxygen atoms in total. The highest BCUT2D eigenvalue weighted by atomic mass is 79.9. The van der Waals surface area contributed by atoms with Crippen molar-refractivity contribution < 1.29 is 19.4 Å². The fourth-order valence-corrected chi connectivity index (χ4v) is 6.26. The molecule has 3 aromatic rings. The zero-order valence-corrected chi connectivity index (χ0v) is 23.6. The highest BCUT2D eigenvalue weighted by Gasteiger charge is 2.40. The summed E-state index contributed by atoms with van der Waals surface area (Å²) < 4.78 is 6.46. The predicted molar refractivity (Wildman–Crippen MR) is 152 cm³/mol. The minimum atomic E-state index is -1.02. The number of carbonyl (C=O) groups excluding carboxylic acids is 1. The molecule has 1 aromatic heterocycles. The second-order valence-electron chi connectivity index (χ2n) is 10.3. The third kappa shape index (κ3) is 6.24. The van der Waals surface area contributed by atoms with Crippen molar-refractivity contribution in [1.82, 2.24) is 14.9 Å². The number of aromatic carboxylic acids is 1. The van der Waals surface area contributed by atoms with Gasteiger partial charge in [0, 0.05) is 35.9 Å². The van der Waals surface area contributed by atoms with Crippen LogP contribution in [0.3, 0.4) is 0 Å². The van der Waals surface area contributed by atoms with Gasteiger partial charge in [0.15, 0.2) is 0 Å². The molecule has 5 rings (SSSR count). The Morgan fingerprint density at radius 2 is 1.95 bits per heavy atom. The third-order valence-electron chi connectivity index (χ3n) is 7.79. The van der Waals surface area contributed by atoms with Crippen LogP contribution < -0.4 is 9.64 Å². The van der Waals surface area contributed by atoms with Gasteiger partial charge >= 0.3 is 5.97 Å². The van der Waals surface area contributed by atoms with Crippen molar-refractivity contribution in [2.75, 3.05) is 31.6 Å². The molecule has 2 aliphatic heterocycles. The zero-order chi connectivity index (χ0) is 27.4. The number of para-hydroxylation sites is 1. The number of hydrogen-bond donors (Lipinski definition) is 1. The molecule has 2 fully saturated rings. The van der Waals surface area contributed by atoms with Gasteiger partial charge < -0.3 is 19.6 Å². The Morgan fingerprint density at radius 3 is 2.74 bits per heavy atom. The molecule has 1 N–H and O–H groups in total. The Balaban J connectivity index is 1.34. The maximum absolute atomic E-state index is 13.5. The summed E-state index contributed by atoms with van der Waals surface area (Å²) in [5, 5.41) is 9.76. The number of amides is 1. The molecule has 204 valence electrons.